The first-order valence-corrected chi connectivity index (χ1v) is 13.6. The topological polar surface area (TPSA) is 53.0 Å². The lowest BCUT2D eigenvalue weighted by atomic mass is 9.95. The highest BCUT2D eigenvalue weighted by Crippen LogP contribution is 2.38. The molecule has 3 atom stereocenters. The van der Waals surface area contributed by atoms with E-state index in [4.69, 9.17) is 16.3 Å². The van der Waals surface area contributed by atoms with E-state index >= 15 is 0 Å². The summed E-state index contributed by atoms with van der Waals surface area (Å²) in [5, 5.41) is 11.1. The smallest absolute Gasteiger partial charge is 0.258 e. The van der Waals surface area contributed by atoms with Crippen LogP contribution in [-0.4, -0.2) is 53.3 Å². The van der Waals surface area contributed by atoms with Gasteiger partial charge in [0.05, 0.1) is 5.02 Å². The van der Waals surface area contributed by atoms with Gasteiger partial charge in [0.25, 0.3) is 5.91 Å². The molecule has 5 nitrogen and oxygen atoms in total. The van der Waals surface area contributed by atoms with Gasteiger partial charge in [-0.15, -0.1) is 0 Å². The number of anilines is 1. The summed E-state index contributed by atoms with van der Waals surface area (Å²) in [5.74, 6) is 6.87. The minimum Gasteiger partial charge on any atom is -0.489 e. The van der Waals surface area contributed by atoms with Crippen LogP contribution in [0.1, 0.15) is 72.9 Å². The van der Waals surface area contributed by atoms with Crippen LogP contribution in [0.4, 0.5) is 5.69 Å². The molecule has 0 spiro atoms. The molecule has 3 fully saturated rings. The quantitative estimate of drug-likeness (QED) is 0.583. The maximum absolute atomic E-state index is 13.3. The molecule has 2 bridgehead atoms. The number of nitrogens with zero attached hydrogens (tertiary/aromatic N) is 2. The standard InChI is InChI=1S/C30H33ClN2O3/c1-32-22-5-6-23(32)18-25(17-22)36-28-9-7-24(19-27(28)31)33-15-11-21-16-20(4-8-26(21)29(33)34)10-14-30(35)12-2-3-13-30/h4,7-9,16,19,22-23,25,35H,2-3,5-6,11-13,15,17-18H2,1H3/t22-,23+,25+. The summed E-state index contributed by atoms with van der Waals surface area (Å²) in [4.78, 5) is 17.6. The monoisotopic (exact) mass is 504 g/mol. The summed E-state index contributed by atoms with van der Waals surface area (Å²) in [6.45, 7) is 0.585. The van der Waals surface area contributed by atoms with Gasteiger partial charge in [-0.05, 0) is 107 Å². The molecule has 3 aliphatic heterocycles. The summed E-state index contributed by atoms with van der Waals surface area (Å²) in [5.41, 5.74) is 2.49. The summed E-state index contributed by atoms with van der Waals surface area (Å²) >= 11 is 6.64. The van der Waals surface area contributed by atoms with E-state index in [1.54, 1.807) is 4.90 Å². The molecule has 1 N–H and O–H groups in total. The molecule has 6 rings (SSSR count). The normalized spacial score (nSPS) is 26.9. The SMILES string of the molecule is CN1[C@@H]2CC[C@H]1C[C@@H](Oc1ccc(N3CCc4cc(C#CC5(O)CCCC5)ccc4C3=O)cc1Cl)C2. The Kier molecular flexibility index (Phi) is 6.24. The molecule has 1 aliphatic carbocycles. The maximum Gasteiger partial charge on any atom is 0.258 e. The number of benzene rings is 2. The average molecular weight is 505 g/mol. The summed E-state index contributed by atoms with van der Waals surface area (Å²) in [7, 11) is 2.23. The van der Waals surface area contributed by atoms with E-state index in [-0.39, 0.29) is 12.0 Å². The predicted octanol–water partition coefficient (Wildman–Crippen LogP) is 5.20. The molecule has 1 saturated carbocycles. The Hall–Kier alpha value is -2.52. The van der Waals surface area contributed by atoms with Gasteiger partial charge >= 0.3 is 0 Å². The fourth-order valence-electron chi connectivity index (χ4n) is 6.48. The number of fused-ring (bicyclic) bond motifs is 3. The molecule has 4 aliphatic rings. The number of carbonyl (C=O) groups excluding carboxylic acids is 1. The van der Waals surface area contributed by atoms with E-state index in [1.165, 1.54) is 12.8 Å². The number of ether oxygens (including phenoxy) is 1. The zero-order chi connectivity index (χ0) is 24.9. The first kappa shape index (κ1) is 23.9. The van der Waals surface area contributed by atoms with E-state index in [0.29, 0.717) is 35.0 Å². The number of halogens is 1. The Bertz CT molecular complexity index is 1230. The highest BCUT2D eigenvalue weighted by Gasteiger charge is 2.39. The van der Waals surface area contributed by atoms with Crippen LogP contribution >= 0.6 is 11.6 Å². The van der Waals surface area contributed by atoms with Crippen LogP contribution in [-0.2, 0) is 6.42 Å². The fourth-order valence-corrected chi connectivity index (χ4v) is 6.70. The van der Waals surface area contributed by atoms with Gasteiger partial charge in [0.2, 0.25) is 0 Å². The largest absolute Gasteiger partial charge is 0.489 e. The van der Waals surface area contributed by atoms with E-state index in [1.807, 2.05) is 36.4 Å². The van der Waals surface area contributed by atoms with Crippen molar-refractivity contribution in [2.75, 3.05) is 18.5 Å². The Labute approximate surface area is 218 Å². The molecule has 2 saturated heterocycles. The van der Waals surface area contributed by atoms with Crippen molar-refractivity contribution in [3.8, 4) is 17.6 Å². The third-order valence-electron chi connectivity index (χ3n) is 8.63. The van der Waals surface area contributed by atoms with E-state index in [2.05, 4.69) is 23.8 Å². The molecular formula is C30H33ClN2O3. The second-order valence-corrected chi connectivity index (χ2v) is 11.4. The van der Waals surface area contributed by atoms with Crippen molar-refractivity contribution in [3.05, 3.63) is 58.1 Å². The number of carbonyl (C=O) groups is 1. The highest BCUT2D eigenvalue weighted by molar-refractivity contribution is 6.32. The zero-order valence-corrected chi connectivity index (χ0v) is 21.6. The lowest BCUT2D eigenvalue weighted by Gasteiger charge is -2.36. The van der Waals surface area contributed by atoms with Crippen molar-refractivity contribution in [2.24, 2.45) is 0 Å². The number of piperidine rings is 1. The van der Waals surface area contributed by atoms with Gasteiger partial charge in [0.15, 0.2) is 0 Å². The minimum absolute atomic E-state index is 0.0261. The molecule has 0 radical (unpaired) electrons. The van der Waals surface area contributed by atoms with Crippen LogP contribution in [0.15, 0.2) is 36.4 Å². The molecule has 188 valence electrons. The number of amides is 1. The van der Waals surface area contributed by atoms with Crippen LogP contribution in [0.2, 0.25) is 5.02 Å². The Morgan fingerprint density at radius 1 is 1.08 bits per heavy atom. The average Bonchev–Trinajstić information content (AvgIpc) is 3.37. The van der Waals surface area contributed by atoms with Gasteiger partial charge in [0.1, 0.15) is 17.5 Å². The van der Waals surface area contributed by atoms with Gasteiger partial charge in [0, 0.05) is 35.4 Å². The Morgan fingerprint density at radius 2 is 1.83 bits per heavy atom. The molecule has 2 aromatic carbocycles. The van der Waals surface area contributed by atoms with Gasteiger partial charge in [-0.3, -0.25) is 4.79 Å². The number of hydrogen-bond donors (Lipinski definition) is 1. The van der Waals surface area contributed by atoms with Crippen molar-refractivity contribution in [2.45, 2.75) is 81.6 Å². The first-order chi connectivity index (χ1) is 17.4. The van der Waals surface area contributed by atoms with Crippen molar-refractivity contribution in [1.82, 2.24) is 4.90 Å². The summed E-state index contributed by atoms with van der Waals surface area (Å²) in [6, 6.07) is 12.7. The van der Waals surface area contributed by atoms with E-state index in [0.717, 1.165) is 61.8 Å². The zero-order valence-electron chi connectivity index (χ0n) is 20.8. The van der Waals surface area contributed by atoms with Crippen LogP contribution in [0.5, 0.6) is 5.75 Å². The number of rotatable bonds is 3. The molecule has 0 unspecified atom stereocenters. The van der Waals surface area contributed by atoms with E-state index < -0.39 is 5.60 Å². The summed E-state index contributed by atoms with van der Waals surface area (Å²) in [6.07, 6.45) is 9.05. The molecule has 0 aromatic heterocycles. The van der Waals surface area contributed by atoms with Crippen molar-refractivity contribution in [1.29, 1.82) is 0 Å². The third kappa shape index (κ3) is 4.52. The molecule has 2 aromatic rings. The van der Waals surface area contributed by atoms with Crippen molar-refractivity contribution < 1.29 is 14.6 Å². The lowest BCUT2D eigenvalue weighted by Crippen LogP contribution is -2.43. The van der Waals surface area contributed by atoms with Gasteiger partial charge < -0.3 is 19.6 Å². The Morgan fingerprint density at radius 3 is 2.56 bits per heavy atom. The van der Waals surface area contributed by atoms with Crippen LogP contribution in [0, 0.1) is 11.8 Å². The number of hydrogen-bond acceptors (Lipinski definition) is 4. The van der Waals surface area contributed by atoms with Crippen molar-refractivity contribution in [3.63, 3.8) is 0 Å². The molecule has 36 heavy (non-hydrogen) atoms. The van der Waals surface area contributed by atoms with Crippen LogP contribution < -0.4 is 9.64 Å². The Balaban J connectivity index is 1.15. The van der Waals surface area contributed by atoms with Gasteiger partial charge in [-0.25, -0.2) is 0 Å². The minimum atomic E-state index is -0.857. The number of aliphatic hydroxyl groups is 1. The van der Waals surface area contributed by atoms with Gasteiger partial charge in [-0.2, -0.15) is 0 Å². The predicted molar refractivity (Wildman–Crippen MR) is 142 cm³/mol. The maximum atomic E-state index is 13.3. The molecule has 3 heterocycles. The second kappa shape index (κ2) is 9.41. The summed E-state index contributed by atoms with van der Waals surface area (Å²) < 4.78 is 6.33. The third-order valence-corrected chi connectivity index (χ3v) is 8.93. The van der Waals surface area contributed by atoms with E-state index in [9.17, 15) is 9.90 Å². The molecule has 1 amide bonds. The lowest BCUT2D eigenvalue weighted by molar-refractivity contribution is 0.0662. The van der Waals surface area contributed by atoms with Crippen molar-refractivity contribution >= 4 is 23.2 Å². The van der Waals surface area contributed by atoms with Gasteiger partial charge in [-0.1, -0.05) is 23.4 Å². The highest BCUT2D eigenvalue weighted by atomic mass is 35.5. The second-order valence-electron chi connectivity index (χ2n) is 10.9. The fraction of sp³-hybridized carbons (Fsp3) is 0.500. The van der Waals surface area contributed by atoms with Crippen LogP contribution in [0.25, 0.3) is 0 Å². The first-order valence-electron chi connectivity index (χ1n) is 13.3. The molecular weight excluding hydrogens is 472 g/mol. The molecule has 6 heteroatoms. The van der Waals surface area contributed by atoms with Crippen LogP contribution in [0.3, 0.4) is 0 Å².